The van der Waals surface area contributed by atoms with E-state index < -0.39 is 0 Å². The Kier molecular flexibility index (Phi) is 26.2. The fourth-order valence-electron chi connectivity index (χ4n) is 3.00. The average Bonchev–Trinajstić information content (AvgIpc) is 2.66. The highest BCUT2D eigenvalue weighted by Gasteiger charge is 1.95. The molecule has 0 heterocycles. The summed E-state index contributed by atoms with van der Waals surface area (Å²) < 4.78 is 17.4. The molecule has 0 radical (unpaired) electrons. The summed E-state index contributed by atoms with van der Waals surface area (Å²) in [5.41, 5.74) is 0. The van der Waals surface area contributed by atoms with Gasteiger partial charge in [0.15, 0.2) is 0 Å². The molecule has 0 aromatic rings. The van der Waals surface area contributed by atoms with Crippen molar-refractivity contribution in [1.82, 2.24) is 0 Å². The van der Waals surface area contributed by atoms with Crippen LogP contribution in [0.15, 0.2) is 0 Å². The highest BCUT2D eigenvalue weighted by atomic mass is 127. The second-order valence-corrected chi connectivity index (χ2v) is 8.20. The Labute approximate surface area is 177 Å². The largest absolute Gasteiger partial charge is 0.379 e. The lowest BCUT2D eigenvalue weighted by Crippen LogP contribution is -2.10. The minimum absolute atomic E-state index is 0.679. The van der Waals surface area contributed by atoms with Crippen LogP contribution in [0, 0.1) is 0 Å². The molecule has 0 unspecified atom stereocenters. The van der Waals surface area contributed by atoms with Crippen molar-refractivity contribution >= 4 is 22.6 Å². The van der Waals surface area contributed by atoms with Gasteiger partial charge in [0.2, 0.25) is 0 Å². The molecule has 0 aliphatic carbocycles. The van der Waals surface area contributed by atoms with Crippen molar-refractivity contribution < 1.29 is 14.2 Å². The Morgan fingerprint density at radius 3 is 1.19 bits per heavy atom. The van der Waals surface area contributed by atoms with Gasteiger partial charge < -0.3 is 14.2 Å². The lowest BCUT2D eigenvalue weighted by Gasteiger charge is -2.06. The van der Waals surface area contributed by atoms with Crippen LogP contribution in [0.3, 0.4) is 0 Å². The zero-order valence-electron chi connectivity index (χ0n) is 17.5. The summed E-state index contributed by atoms with van der Waals surface area (Å²) in [6.45, 7) is 6.76. The number of rotatable bonds is 23. The first-order valence-corrected chi connectivity index (χ1v) is 12.7. The van der Waals surface area contributed by atoms with E-state index in [2.05, 4.69) is 29.5 Å². The number of ether oxygens (including phenoxy) is 3. The lowest BCUT2D eigenvalue weighted by atomic mass is 10.0. The van der Waals surface area contributed by atoms with Gasteiger partial charge in [0.25, 0.3) is 0 Å². The van der Waals surface area contributed by atoms with E-state index in [0.717, 1.165) is 17.6 Å². The third-order valence-corrected chi connectivity index (χ3v) is 5.05. The topological polar surface area (TPSA) is 27.7 Å². The summed E-state index contributed by atoms with van der Waals surface area (Å²) in [5, 5.41) is 0. The van der Waals surface area contributed by atoms with Crippen LogP contribution >= 0.6 is 22.6 Å². The first-order chi connectivity index (χ1) is 12.9. The number of hydrogen-bond donors (Lipinski definition) is 0. The van der Waals surface area contributed by atoms with Crippen molar-refractivity contribution in [1.29, 1.82) is 0 Å². The molecule has 158 valence electrons. The molecule has 26 heavy (non-hydrogen) atoms. The van der Waals surface area contributed by atoms with E-state index in [1.54, 1.807) is 0 Å². The van der Waals surface area contributed by atoms with E-state index in [4.69, 9.17) is 14.2 Å². The van der Waals surface area contributed by atoms with Crippen molar-refractivity contribution in [2.24, 2.45) is 0 Å². The molecule has 0 aliphatic heterocycles. The summed E-state index contributed by atoms with van der Waals surface area (Å²) in [5.74, 6) is 0. The molecule has 0 rings (SSSR count). The van der Waals surface area contributed by atoms with Gasteiger partial charge in [-0.1, -0.05) is 113 Å². The highest BCUT2D eigenvalue weighted by molar-refractivity contribution is 14.1. The monoisotopic (exact) mass is 484 g/mol. The maximum absolute atomic E-state index is 5.60. The average molecular weight is 485 g/mol. The van der Waals surface area contributed by atoms with Gasteiger partial charge in [0.1, 0.15) is 0 Å². The van der Waals surface area contributed by atoms with Gasteiger partial charge in [-0.05, 0) is 6.42 Å². The molecule has 0 spiro atoms. The summed E-state index contributed by atoms with van der Waals surface area (Å²) >= 11 is 2.31. The molecular formula is C22H45IO3. The van der Waals surface area contributed by atoms with E-state index in [-0.39, 0.29) is 0 Å². The van der Waals surface area contributed by atoms with E-state index in [0.29, 0.717) is 26.4 Å². The van der Waals surface area contributed by atoms with Gasteiger partial charge in [-0.15, -0.1) is 0 Å². The molecule has 0 fully saturated rings. The predicted molar refractivity (Wildman–Crippen MR) is 122 cm³/mol. The Morgan fingerprint density at radius 2 is 0.769 bits per heavy atom. The van der Waals surface area contributed by atoms with Crippen molar-refractivity contribution in [2.45, 2.75) is 96.8 Å². The molecule has 0 saturated heterocycles. The van der Waals surface area contributed by atoms with Crippen molar-refractivity contribution in [3.8, 4) is 0 Å². The minimum Gasteiger partial charge on any atom is -0.379 e. The van der Waals surface area contributed by atoms with Gasteiger partial charge >= 0.3 is 0 Å². The molecule has 0 saturated carbocycles. The van der Waals surface area contributed by atoms with Crippen molar-refractivity contribution in [2.75, 3.05) is 44.1 Å². The molecule has 0 atom stereocenters. The Balaban J connectivity index is 2.95. The summed E-state index contributed by atoms with van der Waals surface area (Å²) in [6.07, 6.45) is 19.6. The first kappa shape index (κ1) is 26.6. The van der Waals surface area contributed by atoms with Gasteiger partial charge in [-0.2, -0.15) is 0 Å². The molecule has 0 aromatic carbocycles. The molecule has 4 heteroatoms. The Hall–Kier alpha value is 0.610. The molecule has 0 bridgehead atoms. The quantitative estimate of drug-likeness (QED) is 0.0892. The highest BCUT2D eigenvalue weighted by Crippen LogP contribution is 2.12. The maximum atomic E-state index is 5.60. The summed E-state index contributed by atoms with van der Waals surface area (Å²) in [6, 6.07) is 0. The van der Waals surface area contributed by atoms with Crippen LogP contribution in [0.25, 0.3) is 0 Å². The lowest BCUT2D eigenvalue weighted by molar-refractivity contribution is 0.0169. The van der Waals surface area contributed by atoms with E-state index in [1.807, 2.05) is 0 Å². The third-order valence-electron chi connectivity index (χ3n) is 4.61. The Morgan fingerprint density at radius 1 is 0.423 bits per heavy atom. The van der Waals surface area contributed by atoms with Crippen LogP contribution in [0.5, 0.6) is 0 Å². The van der Waals surface area contributed by atoms with Gasteiger partial charge in [0.05, 0.1) is 33.0 Å². The van der Waals surface area contributed by atoms with Gasteiger partial charge in [-0.3, -0.25) is 0 Å². The van der Waals surface area contributed by atoms with Gasteiger partial charge in [-0.25, -0.2) is 0 Å². The van der Waals surface area contributed by atoms with Gasteiger partial charge in [0, 0.05) is 11.0 Å². The molecule has 3 nitrogen and oxygen atoms in total. The minimum atomic E-state index is 0.679. The van der Waals surface area contributed by atoms with Crippen LogP contribution in [0.4, 0.5) is 0 Å². The smallest absolute Gasteiger partial charge is 0.0701 e. The summed E-state index contributed by atoms with van der Waals surface area (Å²) in [7, 11) is 0. The van der Waals surface area contributed by atoms with Crippen LogP contribution < -0.4 is 0 Å². The van der Waals surface area contributed by atoms with E-state index in [1.165, 1.54) is 89.9 Å². The normalized spacial score (nSPS) is 11.3. The van der Waals surface area contributed by atoms with Crippen LogP contribution in [0.2, 0.25) is 0 Å². The standard InChI is InChI=1S/C22H45IO3/c1-2-3-4-5-6-7-8-9-10-11-12-13-14-15-17-24-19-21-26-22-20-25-18-16-23/h2-22H2,1H3. The summed E-state index contributed by atoms with van der Waals surface area (Å²) in [4.78, 5) is 0. The number of halogens is 1. The van der Waals surface area contributed by atoms with Crippen LogP contribution in [0.1, 0.15) is 96.8 Å². The first-order valence-electron chi connectivity index (χ1n) is 11.2. The second kappa shape index (κ2) is 25.6. The Bertz CT molecular complexity index is 215. The maximum Gasteiger partial charge on any atom is 0.0701 e. The number of alkyl halides is 1. The molecular weight excluding hydrogens is 439 g/mol. The molecule has 0 aromatic heterocycles. The van der Waals surface area contributed by atoms with Crippen molar-refractivity contribution in [3.63, 3.8) is 0 Å². The van der Waals surface area contributed by atoms with E-state index >= 15 is 0 Å². The zero-order chi connectivity index (χ0) is 19.0. The van der Waals surface area contributed by atoms with Crippen LogP contribution in [-0.4, -0.2) is 44.1 Å². The van der Waals surface area contributed by atoms with Crippen LogP contribution in [-0.2, 0) is 14.2 Å². The number of unbranched alkanes of at least 4 members (excludes halogenated alkanes) is 13. The zero-order valence-corrected chi connectivity index (χ0v) is 19.6. The third kappa shape index (κ3) is 24.6. The molecule has 0 aliphatic rings. The van der Waals surface area contributed by atoms with E-state index in [9.17, 15) is 0 Å². The number of hydrogen-bond acceptors (Lipinski definition) is 3. The fraction of sp³-hybridized carbons (Fsp3) is 1.00. The molecule has 0 N–H and O–H groups in total. The second-order valence-electron chi connectivity index (χ2n) is 7.12. The van der Waals surface area contributed by atoms with Crippen molar-refractivity contribution in [3.05, 3.63) is 0 Å². The predicted octanol–water partition coefficient (Wildman–Crippen LogP) is 6.95. The SMILES string of the molecule is CCCCCCCCCCCCCCCCOCCOCCOCCI. The fourth-order valence-corrected chi connectivity index (χ4v) is 3.31. The molecule has 0 amide bonds.